The molecule has 0 unspecified atom stereocenters. The first kappa shape index (κ1) is 14.8. The van der Waals surface area contributed by atoms with Gasteiger partial charge in [-0.2, -0.15) is 0 Å². The van der Waals surface area contributed by atoms with E-state index >= 15 is 0 Å². The van der Waals surface area contributed by atoms with Gasteiger partial charge in [-0.1, -0.05) is 35.5 Å². The van der Waals surface area contributed by atoms with Gasteiger partial charge < -0.3 is 14.2 Å². The number of hydrogen-bond acceptors (Lipinski definition) is 4. The van der Waals surface area contributed by atoms with Crippen LogP contribution in [-0.4, -0.2) is 41.3 Å². The molecule has 1 aliphatic rings. The molecule has 0 saturated carbocycles. The smallest absolute Gasteiger partial charge is 0.259 e. The normalized spacial score (nSPS) is 21.9. The predicted molar refractivity (Wildman–Crippen MR) is 82.6 cm³/mol. The third-order valence-corrected chi connectivity index (χ3v) is 3.83. The van der Waals surface area contributed by atoms with E-state index in [2.05, 4.69) is 5.16 Å². The lowest BCUT2D eigenvalue weighted by Gasteiger charge is -2.35. The standard InChI is InChI=1S/C17H20N2O3/c1-11-9-19(10-12(2)21-11)17(20)15-13(3)22-18-16(15)14-7-5-4-6-8-14/h4-8,11-12H,9-10H2,1-3H3/t11-,12-/m0/s1. The molecule has 5 nitrogen and oxygen atoms in total. The number of morpholine rings is 1. The number of aromatic nitrogens is 1. The highest BCUT2D eigenvalue weighted by Gasteiger charge is 2.31. The van der Waals surface area contributed by atoms with Crippen LogP contribution >= 0.6 is 0 Å². The van der Waals surface area contributed by atoms with Gasteiger partial charge in [0.15, 0.2) is 0 Å². The summed E-state index contributed by atoms with van der Waals surface area (Å²) in [6, 6.07) is 9.64. The van der Waals surface area contributed by atoms with Crippen molar-refractivity contribution in [3.63, 3.8) is 0 Å². The van der Waals surface area contributed by atoms with Gasteiger partial charge in [0.1, 0.15) is 17.0 Å². The minimum absolute atomic E-state index is 0.0352. The topological polar surface area (TPSA) is 55.6 Å². The number of carbonyl (C=O) groups excluding carboxylic acids is 1. The molecule has 1 fully saturated rings. The van der Waals surface area contributed by atoms with Crippen LogP contribution in [0, 0.1) is 6.92 Å². The van der Waals surface area contributed by atoms with E-state index in [4.69, 9.17) is 9.26 Å². The van der Waals surface area contributed by atoms with Crippen molar-refractivity contribution in [3.8, 4) is 11.3 Å². The van der Waals surface area contributed by atoms with Crippen LogP contribution in [0.2, 0.25) is 0 Å². The molecule has 0 bridgehead atoms. The van der Waals surface area contributed by atoms with Crippen molar-refractivity contribution in [2.45, 2.75) is 33.0 Å². The molecule has 22 heavy (non-hydrogen) atoms. The Kier molecular flexibility index (Phi) is 3.98. The number of carbonyl (C=O) groups is 1. The summed E-state index contributed by atoms with van der Waals surface area (Å²) in [6.07, 6.45) is 0.0704. The van der Waals surface area contributed by atoms with Crippen LogP contribution < -0.4 is 0 Å². The van der Waals surface area contributed by atoms with Crippen LogP contribution in [0.5, 0.6) is 0 Å². The summed E-state index contributed by atoms with van der Waals surface area (Å²) in [4.78, 5) is 14.8. The van der Waals surface area contributed by atoms with E-state index in [9.17, 15) is 4.79 Å². The second-order valence-corrected chi connectivity index (χ2v) is 5.80. The molecule has 1 aromatic heterocycles. The third kappa shape index (κ3) is 2.76. The van der Waals surface area contributed by atoms with Crippen molar-refractivity contribution >= 4 is 5.91 Å². The van der Waals surface area contributed by atoms with Gasteiger partial charge in [-0.15, -0.1) is 0 Å². The third-order valence-electron chi connectivity index (χ3n) is 3.83. The maximum Gasteiger partial charge on any atom is 0.259 e. The van der Waals surface area contributed by atoms with Crippen molar-refractivity contribution in [1.82, 2.24) is 10.1 Å². The first-order valence-electron chi connectivity index (χ1n) is 7.52. The number of hydrogen-bond donors (Lipinski definition) is 0. The van der Waals surface area contributed by atoms with Crippen molar-refractivity contribution in [2.75, 3.05) is 13.1 Å². The number of ether oxygens (including phenoxy) is 1. The Hall–Kier alpha value is -2.14. The fourth-order valence-electron chi connectivity index (χ4n) is 2.92. The Labute approximate surface area is 129 Å². The Morgan fingerprint density at radius 2 is 1.82 bits per heavy atom. The molecule has 2 heterocycles. The summed E-state index contributed by atoms with van der Waals surface area (Å²) in [5.41, 5.74) is 2.04. The zero-order valence-electron chi connectivity index (χ0n) is 13.1. The predicted octanol–water partition coefficient (Wildman–Crippen LogP) is 2.90. The van der Waals surface area contributed by atoms with E-state index in [0.717, 1.165) is 5.56 Å². The van der Waals surface area contributed by atoms with Gasteiger partial charge in [-0.05, 0) is 20.8 Å². The van der Waals surface area contributed by atoms with Gasteiger partial charge >= 0.3 is 0 Å². The highest BCUT2D eigenvalue weighted by Crippen LogP contribution is 2.27. The lowest BCUT2D eigenvalue weighted by Crippen LogP contribution is -2.48. The van der Waals surface area contributed by atoms with Crippen LogP contribution in [0.1, 0.15) is 30.0 Å². The molecule has 0 radical (unpaired) electrons. The van der Waals surface area contributed by atoms with E-state index in [1.807, 2.05) is 49.1 Å². The molecule has 116 valence electrons. The van der Waals surface area contributed by atoms with Crippen molar-refractivity contribution in [2.24, 2.45) is 0 Å². The van der Waals surface area contributed by atoms with E-state index in [0.29, 0.717) is 30.1 Å². The zero-order chi connectivity index (χ0) is 15.7. The summed E-state index contributed by atoms with van der Waals surface area (Å²) >= 11 is 0. The maximum absolute atomic E-state index is 12.9. The largest absolute Gasteiger partial charge is 0.372 e. The van der Waals surface area contributed by atoms with Crippen LogP contribution in [0.25, 0.3) is 11.3 Å². The van der Waals surface area contributed by atoms with Gasteiger partial charge in [0.25, 0.3) is 5.91 Å². The molecule has 1 aliphatic heterocycles. The molecule has 0 spiro atoms. The molecular formula is C17H20N2O3. The second kappa shape index (κ2) is 5.93. The molecular weight excluding hydrogens is 280 g/mol. The Morgan fingerprint density at radius 1 is 1.18 bits per heavy atom. The number of aryl methyl sites for hydroxylation is 1. The Bertz CT molecular complexity index is 656. The molecule has 5 heteroatoms. The van der Waals surface area contributed by atoms with Gasteiger partial charge in [0, 0.05) is 18.7 Å². The first-order chi connectivity index (χ1) is 10.6. The molecule has 1 saturated heterocycles. The van der Waals surface area contributed by atoms with Crippen LogP contribution in [0.4, 0.5) is 0 Å². The molecule has 0 N–H and O–H groups in total. The highest BCUT2D eigenvalue weighted by atomic mass is 16.5. The minimum Gasteiger partial charge on any atom is -0.372 e. The SMILES string of the molecule is Cc1onc(-c2ccccc2)c1C(=O)N1C[C@H](C)O[C@@H](C)C1. The average molecular weight is 300 g/mol. The van der Waals surface area contributed by atoms with Gasteiger partial charge in [-0.25, -0.2) is 0 Å². The van der Waals surface area contributed by atoms with E-state index in [-0.39, 0.29) is 18.1 Å². The molecule has 1 aromatic carbocycles. The minimum atomic E-state index is -0.0420. The number of amides is 1. The second-order valence-electron chi connectivity index (χ2n) is 5.80. The molecule has 2 aromatic rings. The monoisotopic (exact) mass is 300 g/mol. The van der Waals surface area contributed by atoms with Gasteiger partial charge in [-0.3, -0.25) is 4.79 Å². The summed E-state index contributed by atoms with van der Waals surface area (Å²) < 4.78 is 11.0. The molecule has 0 aliphatic carbocycles. The zero-order valence-corrected chi connectivity index (χ0v) is 13.1. The fourth-order valence-corrected chi connectivity index (χ4v) is 2.92. The highest BCUT2D eigenvalue weighted by molar-refractivity contribution is 6.00. The molecule has 1 amide bonds. The Balaban J connectivity index is 1.95. The summed E-state index contributed by atoms with van der Waals surface area (Å²) in [5.74, 6) is 0.509. The van der Waals surface area contributed by atoms with Crippen LogP contribution in [0.3, 0.4) is 0 Å². The van der Waals surface area contributed by atoms with Crippen LogP contribution in [-0.2, 0) is 4.74 Å². The average Bonchev–Trinajstić information content (AvgIpc) is 2.88. The number of rotatable bonds is 2. The quantitative estimate of drug-likeness (QED) is 0.855. The van der Waals surface area contributed by atoms with Crippen molar-refractivity contribution < 1.29 is 14.1 Å². The van der Waals surface area contributed by atoms with E-state index in [1.54, 1.807) is 6.92 Å². The van der Waals surface area contributed by atoms with Crippen molar-refractivity contribution in [1.29, 1.82) is 0 Å². The summed E-state index contributed by atoms with van der Waals surface area (Å²) in [7, 11) is 0. The van der Waals surface area contributed by atoms with Crippen molar-refractivity contribution in [3.05, 3.63) is 41.7 Å². The first-order valence-corrected chi connectivity index (χ1v) is 7.52. The fraction of sp³-hybridized carbons (Fsp3) is 0.412. The molecule has 3 rings (SSSR count). The van der Waals surface area contributed by atoms with Gasteiger partial charge in [0.2, 0.25) is 0 Å². The molecule has 2 atom stereocenters. The number of benzene rings is 1. The lowest BCUT2D eigenvalue weighted by atomic mass is 10.0. The van der Waals surface area contributed by atoms with Gasteiger partial charge in [0.05, 0.1) is 12.2 Å². The lowest BCUT2D eigenvalue weighted by molar-refractivity contribution is -0.0586. The summed E-state index contributed by atoms with van der Waals surface area (Å²) in [5, 5.41) is 4.09. The number of nitrogens with zero attached hydrogens (tertiary/aromatic N) is 2. The maximum atomic E-state index is 12.9. The van der Waals surface area contributed by atoms with E-state index < -0.39 is 0 Å². The van der Waals surface area contributed by atoms with E-state index in [1.165, 1.54) is 0 Å². The summed E-state index contributed by atoms with van der Waals surface area (Å²) in [6.45, 7) is 6.91. The van der Waals surface area contributed by atoms with Crippen LogP contribution in [0.15, 0.2) is 34.9 Å². The Morgan fingerprint density at radius 3 is 2.45 bits per heavy atom.